The van der Waals surface area contributed by atoms with Crippen LogP contribution in [0.2, 0.25) is 0 Å². The Bertz CT molecular complexity index is 477. The van der Waals surface area contributed by atoms with E-state index in [0.29, 0.717) is 30.0 Å². The van der Waals surface area contributed by atoms with E-state index in [0.717, 1.165) is 12.8 Å². The number of carbonyl (C=O) groups excluding carboxylic acids is 1. The van der Waals surface area contributed by atoms with Crippen molar-refractivity contribution < 1.29 is 9.21 Å². The standard InChI is InChI=1S/C13H18N4O2S/c14-7-4-8-15-11(18)9-20-13-17-16-12(19-13)10-5-2-1-3-6-10/h10H,1-6,8-9H2,(H,15,18). The van der Waals surface area contributed by atoms with Gasteiger partial charge < -0.3 is 9.73 Å². The molecule has 1 amide bonds. The molecule has 0 saturated heterocycles. The highest BCUT2D eigenvalue weighted by atomic mass is 32.2. The first-order valence-electron chi connectivity index (χ1n) is 6.89. The van der Waals surface area contributed by atoms with Crippen LogP contribution in [0.1, 0.15) is 50.3 Å². The summed E-state index contributed by atoms with van der Waals surface area (Å²) in [4.78, 5) is 11.5. The molecule has 2 rings (SSSR count). The maximum Gasteiger partial charge on any atom is 0.277 e. The van der Waals surface area contributed by atoms with Gasteiger partial charge in [-0.15, -0.1) is 10.2 Å². The van der Waals surface area contributed by atoms with Crippen molar-refractivity contribution in [1.82, 2.24) is 15.5 Å². The molecular formula is C13H18N4O2S. The predicted molar refractivity (Wildman–Crippen MR) is 74.1 cm³/mol. The highest BCUT2D eigenvalue weighted by Gasteiger charge is 2.21. The van der Waals surface area contributed by atoms with Crippen LogP contribution >= 0.6 is 11.8 Å². The zero-order valence-electron chi connectivity index (χ0n) is 11.3. The first-order chi connectivity index (χ1) is 9.79. The first-order valence-corrected chi connectivity index (χ1v) is 7.88. The van der Waals surface area contributed by atoms with Gasteiger partial charge in [-0.1, -0.05) is 31.0 Å². The molecule has 6 nitrogen and oxygen atoms in total. The SMILES string of the molecule is N#CCCNC(=O)CSc1nnc(C2CCCCC2)o1. The molecule has 7 heteroatoms. The van der Waals surface area contributed by atoms with Gasteiger partial charge in [0.25, 0.3) is 5.22 Å². The number of nitrogens with one attached hydrogen (secondary N) is 1. The molecule has 1 N–H and O–H groups in total. The highest BCUT2D eigenvalue weighted by molar-refractivity contribution is 7.99. The maximum atomic E-state index is 11.5. The molecule has 0 aromatic carbocycles. The first kappa shape index (κ1) is 14.9. The molecule has 1 saturated carbocycles. The second-order valence-electron chi connectivity index (χ2n) is 4.79. The Balaban J connectivity index is 1.75. The second-order valence-corrected chi connectivity index (χ2v) is 5.71. The third kappa shape index (κ3) is 4.53. The minimum absolute atomic E-state index is 0.123. The summed E-state index contributed by atoms with van der Waals surface area (Å²) in [5.74, 6) is 1.20. The average Bonchev–Trinajstić information content (AvgIpc) is 2.95. The van der Waals surface area contributed by atoms with Gasteiger partial charge in [0.15, 0.2) is 0 Å². The van der Waals surface area contributed by atoms with Gasteiger partial charge in [0.05, 0.1) is 18.2 Å². The third-order valence-corrected chi connectivity index (χ3v) is 4.08. The van der Waals surface area contributed by atoms with Crippen LogP contribution in [0, 0.1) is 11.3 Å². The van der Waals surface area contributed by atoms with E-state index in [-0.39, 0.29) is 11.7 Å². The fourth-order valence-corrected chi connectivity index (χ4v) is 2.83. The van der Waals surface area contributed by atoms with Crippen LogP contribution in [0.4, 0.5) is 0 Å². The summed E-state index contributed by atoms with van der Waals surface area (Å²) in [5, 5.41) is 19.5. The lowest BCUT2D eigenvalue weighted by Crippen LogP contribution is -2.25. The predicted octanol–water partition coefficient (Wildman–Crippen LogP) is 2.24. The van der Waals surface area contributed by atoms with Crippen LogP contribution in [0.5, 0.6) is 0 Å². The van der Waals surface area contributed by atoms with Crippen molar-refractivity contribution in [3.8, 4) is 6.07 Å². The van der Waals surface area contributed by atoms with Crippen molar-refractivity contribution in [2.45, 2.75) is 49.7 Å². The highest BCUT2D eigenvalue weighted by Crippen LogP contribution is 2.32. The summed E-state index contributed by atoms with van der Waals surface area (Å²) in [6.45, 7) is 0.382. The van der Waals surface area contributed by atoms with Crippen LogP contribution in [0.25, 0.3) is 0 Å². The number of rotatable bonds is 6. The van der Waals surface area contributed by atoms with Crippen molar-refractivity contribution >= 4 is 17.7 Å². The van der Waals surface area contributed by atoms with Gasteiger partial charge in [0, 0.05) is 12.5 Å². The molecule has 20 heavy (non-hydrogen) atoms. The van der Waals surface area contributed by atoms with E-state index in [9.17, 15) is 4.79 Å². The lowest BCUT2D eigenvalue weighted by Gasteiger charge is -2.17. The van der Waals surface area contributed by atoms with E-state index in [4.69, 9.17) is 9.68 Å². The normalized spacial score (nSPS) is 15.8. The fraction of sp³-hybridized carbons (Fsp3) is 0.692. The molecule has 0 aliphatic heterocycles. The summed E-state index contributed by atoms with van der Waals surface area (Å²) in [6, 6.07) is 1.97. The Hall–Kier alpha value is -1.55. The van der Waals surface area contributed by atoms with Gasteiger partial charge >= 0.3 is 0 Å². The molecule has 0 bridgehead atoms. The maximum absolute atomic E-state index is 11.5. The number of aromatic nitrogens is 2. The molecule has 0 spiro atoms. The van der Waals surface area contributed by atoms with E-state index in [1.807, 2.05) is 6.07 Å². The Morgan fingerprint density at radius 1 is 1.40 bits per heavy atom. The smallest absolute Gasteiger partial charge is 0.277 e. The molecule has 0 radical (unpaired) electrons. The van der Waals surface area contributed by atoms with E-state index >= 15 is 0 Å². The molecule has 1 aliphatic carbocycles. The Morgan fingerprint density at radius 2 is 2.20 bits per heavy atom. The molecule has 1 aromatic rings. The van der Waals surface area contributed by atoms with Crippen molar-refractivity contribution in [3.63, 3.8) is 0 Å². The van der Waals surface area contributed by atoms with E-state index in [1.54, 1.807) is 0 Å². The number of thioether (sulfide) groups is 1. The van der Waals surface area contributed by atoms with Crippen molar-refractivity contribution in [2.75, 3.05) is 12.3 Å². The Kier molecular flexibility index (Phi) is 5.87. The Morgan fingerprint density at radius 3 is 2.95 bits per heavy atom. The van der Waals surface area contributed by atoms with Crippen LogP contribution in [0.15, 0.2) is 9.64 Å². The van der Waals surface area contributed by atoms with Gasteiger partial charge in [0.2, 0.25) is 11.8 Å². The molecule has 1 heterocycles. The number of amides is 1. The van der Waals surface area contributed by atoms with Gasteiger partial charge in [-0.05, 0) is 12.8 Å². The molecule has 0 atom stereocenters. The van der Waals surface area contributed by atoms with E-state index in [1.165, 1.54) is 31.0 Å². The molecule has 1 fully saturated rings. The molecule has 108 valence electrons. The van der Waals surface area contributed by atoms with Gasteiger partial charge in [-0.25, -0.2) is 0 Å². The van der Waals surface area contributed by atoms with E-state index in [2.05, 4.69) is 15.5 Å². The summed E-state index contributed by atoms with van der Waals surface area (Å²) in [7, 11) is 0. The zero-order valence-corrected chi connectivity index (χ0v) is 12.1. The monoisotopic (exact) mass is 294 g/mol. The summed E-state index contributed by atoms with van der Waals surface area (Å²) in [5.41, 5.74) is 0. The minimum Gasteiger partial charge on any atom is -0.416 e. The molecule has 1 aromatic heterocycles. The van der Waals surface area contributed by atoms with Gasteiger partial charge in [0.1, 0.15) is 0 Å². The molecule has 0 unspecified atom stereocenters. The van der Waals surface area contributed by atoms with Crippen molar-refractivity contribution in [2.24, 2.45) is 0 Å². The quantitative estimate of drug-likeness (QED) is 0.639. The molecule has 1 aliphatic rings. The van der Waals surface area contributed by atoms with Gasteiger partial charge in [-0.2, -0.15) is 5.26 Å². The zero-order chi connectivity index (χ0) is 14.2. The van der Waals surface area contributed by atoms with Crippen molar-refractivity contribution in [3.05, 3.63) is 5.89 Å². The Labute approximate surface area is 122 Å². The minimum atomic E-state index is -0.123. The summed E-state index contributed by atoms with van der Waals surface area (Å²) < 4.78 is 5.61. The summed E-state index contributed by atoms with van der Waals surface area (Å²) >= 11 is 1.24. The largest absolute Gasteiger partial charge is 0.416 e. The summed E-state index contributed by atoms with van der Waals surface area (Å²) in [6.07, 6.45) is 6.27. The number of nitriles is 1. The number of carbonyl (C=O) groups is 1. The number of nitrogens with zero attached hydrogens (tertiary/aromatic N) is 3. The topological polar surface area (TPSA) is 91.8 Å². The molecular weight excluding hydrogens is 276 g/mol. The average molecular weight is 294 g/mol. The van der Waals surface area contributed by atoms with E-state index < -0.39 is 0 Å². The van der Waals surface area contributed by atoms with Gasteiger partial charge in [-0.3, -0.25) is 4.79 Å². The van der Waals surface area contributed by atoms with Crippen LogP contribution < -0.4 is 5.32 Å². The van der Waals surface area contributed by atoms with Crippen LogP contribution in [-0.4, -0.2) is 28.4 Å². The number of hydrogen-bond acceptors (Lipinski definition) is 6. The fourth-order valence-electron chi connectivity index (χ4n) is 2.23. The van der Waals surface area contributed by atoms with Crippen LogP contribution in [0.3, 0.4) is 0 Å². The number of hydrogen-bond donors (Lipinski definition) is 1. The third-order valence-electron chi connectivity index (χ3n) is 3.26. The second kappa shape index (κ2) is 7.90. The van der Waals surface area contributed by atoms with Crippen molar-refractivity contribution in [1.29, 1.82) is 5.26 Å². The lowest BCUT2D eigenvalue weighted by atomic mass is 9.89. The lowest BCUT2D eigenvalue weighted by molar-refractivity contribution is -0.118. The van der Waals surface area contributed by atoms with Crippen LogP contribution in [-0.2, 0) is 4.79 Å².